The standard InChI is InChI=1S/C31H41F2N3O3.2ClH/c1-19-7-9-22(10-8-19)21(3)28(30(38)39)34-13-14-36(20(2)16-34)29(37)26-18-35(31(4,5)6)17-25(26)24-12-11-23(32)15-27(24)33;;/h7-12,15,20-21,25-26,28H,13-14,16-18H2,1-6H3,(H,38,39);2*1H/t20-,21?,25-,26+,28?;;/m0../s1. The first-order valence-electron chi connectivity index (χ1n) is 13.8. The number of aliphatic carboxylic acids is 1. The molecule has 10 heteroatoms. The largest absolute Gasteiger partial charge is 0.480 e. The third-order valence-electron chi connectivity index (χ3n) is 8.61. The summed E-state index contributed by atoms with van der Waals surface area (Å²) in [6, 6.07) is 10.6. The number of rotatable bonds is 6. The van der Waals surface area contributed by atoms with Crippen LogP contribution in [0.25, 0.3) is 0 Å². The molecular formula is C31H43Cl2F2N3O3. The molecule has 2 aliphatic rings. The Morgan fingerprint density at radius 3 is 2.15 bits per heavy atom. The number of aryl methyl sites for hydroxylation is 1. The molecule has 2 saturated heterocycles. The maximum absolute atomic E-state index is 14.9. The van der Waals surface area contributed by atoms with Crippen LogP contribution in [0.4, 0.5) is 8.78 Å². The number of benzene rings is 2. The van der Waals surface area contributed by atoms with Gasteiger partial charge in [-0.25, -0.2) is 8.78 Å². The van der Waals surface area contributed by atoms with Crippen LogP contribution in [-0.2, 0) is 9.59 Å². The molecule has 0 spiro atoms. The molecule has 2 aromatic carbocycles. The predicted octanol–water partition coefficient (Wildman–Crippen LogP) is 5.72. The number of carboxylic acids is 1. The molecule has 0 saturated carbocycles. The fourth-order valence-electron chi connectivity index (χ4n) is 6.24. The second-order valence-corrected chi connectivity index (χ2v) is 12.3. The summed E-state index contributed by atoms with van der Waals surface area (Å²) in [6.07, 6.45) is 0. The average Bonchev–Trinajstić information content (AvgIpc) is 3.30. The van der Waals surface area contributed by atoms with Gasteiger partial charge in [0.15, 0.2) is 0 Å². The Labute approximate surface area is 254 Å². The molecule has 0 radical (unpaired) electrons. The van der Waals surface area contributed by atoms with Gasteiger partial charge in [-0.2, -0.15) is 0 Å². The lowest BCUT2D eigenvalue weighted by molar-refractivity contribution is -0.147. The van der Waals surface area contributed by atoms with Crippen molar-refractivity contribution in [1.29, 1.82) is 0 Å². The predicted molar refractivity (Wildman–Crippen MR) is 162 cm³/mol. The van der Waals surface area contributed by atoms with Crippen molar-refractivity contribution < 1.29 is 23.5 Å². The van der Waals surface area contributed by atoms with E-state index in [1.165, 1.54) is 12.1 Å². The number of likely N-dealkylation sites (tertiary alicyclic amines) is 1. The molecule has 6 nitrogen and oxygen atoms in total. The second-order valence-electron chi connectivity index (χ2n) is 12.3. The van der Waals surface area contributed by atoms with Crippen LogP contribution in [0.1, 0.15) is 63.1 Å². The van der Waals surface area contributed by atoms with Gasteiger partial charge in [0.1, 0.15) is 17.7 Å². The molecule has 2 unspecified atom stereocenters. The van der Waals surface area contributed by atoms with Crippen molar-refractivity contribution in [3.63, 3.8) is 0 Å². The van der Waals surface area contributed by atoms with E-state index in [0.29, 0.717) is 38.3 Å². The van der Waals surface area contributed by atoms with Crippen molar-refractivity contribution >= 4 is 36.7 Å². The van der Waals surface area contributed by atoms with Gasteiger partial charge in [0.25, 0.3) is 0 Å². The summed E-state index contributed by atoms with van der Waals surface area (Å²) in [5, 5.41) is 10.2. The monoisotopic (exact) mass is 613 g/mol. The molecule has 0 bridgehead atoms. The van der Waals surface area contributed by atoms with Gasteiger partial charge in [0, 0.05) is 62.2 Å². The molecule has 2 fully saturated rings. The molecule has 0 aliphatic carbocycles. The van der Waals surface area contributed by atoms with Crippen molar-refractivity contribution in [3.8, 4) is 0 Å². The van der Waals surface area contributed by atoms with Crippen molar-refractivity contribution in [3.05, 3.63) is 70.8 Å². The third kappa shape index (κ3) is 7.58. The average molecular weight is 615 g/mol. The van der Waals surface area contributed by atoms with Gasteiger partial charge < -0.3 is 10.0 Å². The highest BCUT2D eigenvalue weighted by Gasteiger charge is 2.46. The summed E-state index contributed by atoms with van der Waals surface area (Å²) in [7, 11) is 0. The van der Waals surface area contributed by atoms with Crippen LogP contribution >= 0.6 is 24.8 Å². The topological polar surface area (TPSA) is 64.1 Å². The smallest absolute Gasteiger partial charge is 0.321 e. The van der Waals surface area contributed by atoms with Gasteiger partial charge in [-0.05, 0) is 51.8 Å². The lowest BCUT2D eigenvalue weighted by Gasteiger charge is -2.44. The number of carboxylic acid groups (broad SMARTS) is 1. The van der Waals surface area contributed by atoms with Crippen molar-refractivity contribution in [2.45, 2.75) is 71.0 Å². The van der Waals surface area contributed by atoms with E-state index in [2.05, 4.69) is 25.7 Å². The Balaban J connectivity index is 0.00000294. The van der Waals surface area contributed by atoms with Gasteiger partial charge >= 0.3 is 5.97 Å². The van der Waals surface area contributed by atoms with E-state index < -0.39 is 35.5 Å². The van der Waals surface area contributed by atoms with Crippen LogP contribution in [0.5, 0.6) is 0 Å². The van der Waals surface area contributed by atoms with Crippen molar-refractivity contribution in [2.75, 3.05) is 32.7 Å². The van der Waals surface area contributed by atoms with Crippen LogP contribution < -0.4 is 0 Å². The molecule has 5 atom stereocenters. The maximum Gasteiger partial charge on any atom is 0.321 e. The fraction of sp³-hybridized carbons (Fsp3) is 0.548. The van der Waals surface area contributed by atoms with E-state index in [4.69, 9.17) is 0 Å². The van der Waals surface area contributed by atoms with Gasteiger partial charge in [-0.15, -0.1) is 24.8 Å². The molecule has 228 valence electrons. The summed E-state index contributed by atoms with van der Waals surface area (Å²) in [4.78, 5) is 32.4. The molecule has 2 heterocycles. The van der Waals surface area contributed by atoms with E-state index in [9.17, 15) is 23.5 Å². The molecular weight excluding hydrogens is 571 g/mol. The minimum absolute atomic E-state index is 0. The van der Waals surface area contributed by atoms with Crippen molar-refractivity contribution in [2.24, 2.45) is 5.92 Å². The molecule has 4 rings (SSSR count). The zero-order valence-electron chi connectivity index (χ0n) is 24.6. The SMILES string of the molecule is Cc1ccc(C(C)C(C(=O)O)N2CCN(C(=O)[C@@H]3CN(C(C)(C)C)C[C@H]3c3ccc(F)cc3F)[C@@H](C)C2)cc1.Cl.Cl. The summed E-state index contributed by atoms with van der Waals surface area (Å²) in [5.74, 6) is -3.28. The Morgan fingerprint density at radius 2 is 1.61 bits per heavy atom. The summed E-state index contributed by atoms with van der Waals surface area (Å²) in [6.45, 7) is 14.4. The number of hydrogen-bond donors (Lipinski definition) is 1. The molecule has 2 aliphatic heterocycles. The molecule has 41 heavy (non-hydrogen) atoms. The van der Waals surface area contributed by atoms with Crippen LogP contribution in [0.2, 0.25) is 0 Å². The highest BCUT2D eigenvalue weighted by molar-refractivity contribution is 5.85. The van der Waals surface area contributed by atoms with Crippen LogP contribution in [0.3, 0.4) is 0 Å². The Bertz CT molecular complexity index is 1210. The van der Waals surface area contributed by atoms with E-state index in [-0.39, 0.29) is 48.2 Å². The van der Waals surface area contributed by atoms with Crippen LogP contribution in [-0.4, -0.2) is 82.0 Å². The lowest BCUT2D eigenvalue weighted by Crippen LogP contribution is -2.60. The highest BCUT2D eigenvalue weighted by Crippen LogP contribution is 2.39. The number of nitrogens with zero attached hydrogens (tertiary/aromatic N) is 3. The number of carbonyl (C=O) groups excluding carboxylic acids is 1. The van der Waals surface area contributed by atoms with E-state index >= 15 is 0 Å². The van der Waals surface area contributed by atoms with Gasteiger partial charge in [0.05, 0.1) is 5.92 Å². The van der Waals surface area contributed by atoms with Crippen LogP contribution in [0, 0.1) is 24.5 Å². The Morgan fingerprint density at radius 1 is 0.976 bits per heavy atom. The number of piperazine rings is 1. The molecule has 0 aromatic heterocycles. The minimum Gasteiger partial charge on any atom is -0.480 e. The summed E-state index contributed by atoms with van der Waals surface area (Å²) in [5.41, 5.74) is 2.24. The molecule has 1 amide bonds. The zero-order valence-corrected chi connectivity index (χ0v) is 26.3. The third-order valence-corrected chi connectivity index (χ3v) is 8.61. The first-order chi connectivity index (χ1) is 18.3. The maximum atomic E-state index is 14.9. The number of hydrogen-bond acceptors (Lipinski definition) is 4. The molecule has 2 aromatic rings. The number of amides is 1. The van der Waals surface area contributed by atoms with Crippen molar-refractivity contribution in [1.82, 2.24) is 14.7 Å². The highest BCUT2D eigenvalue weighted by atomic mass is 35.5. The van der Waals surface area contributed by atoms with Gasteiger partial charge in [-0.1, -0.05) is 42.8 Å². The second kappa shape index (κ2) is 13.8. The van der Waals surface area contributed by atoms with E-state index in [1.54, 1.807) is 0 Å². The Kier molecular flexibility index (Phi) is 11.8. The quantitative estimate of drug-likeness (QED) is 0.451. The number of halogens is 4. The summed E-state index contributed by atoms with van der Waals surface area (Å²) < 4.78 is 28.6. The first kappa shape index (κ1) is 34.9. The first-order valence-corrected chi connectivity index (χ1v) is 13.8. The number of carbonyl (C=O) groups is 2. The normalized spacial score (nSPS) is 23.3. The molecule has 1 N–H and O–H groups in total. The lowest BCUT2D eigenvalue weighted by atomic mass is 9.86. The van der Waals surface area contributed by atoms with Crippen LogP contribution in [0.15, 0.2) is 42.5 Å². The Hall–Kier alpha value is -2.26. The van der Waals surface area contributed by atoms with E-state index in [0.717, 1.165) is 17.2 Å². The zero-order chi connectivity index (χ0) is 28.6. The van der Waals surface area contributed by atoms with Gasteiger partial charge in [0.2, 0.25) is 5.91 Å². The summed E-state index contributed by atoms with van der Waals surface area (Å²) >= 11 is 0. The fourth-order valence-corrected chi connectivity index (χ4v) is 6.24. The van der Waals surface area contributed by atoms with E-state index in [1.807, 2.05) is 54.8 Å². The minimum atomic E-state index is -0.876. The van der Waals surface area contributed by atoms with Gasteiger partial charge in [-0.3, -0.25) is 19.4 Å².